The first-order valence-electron chi connectivity index (χ1n) is 4.79. The summed E-state index contributed by atoms with van der Waals surface area (Å²) < 4.78 is 15.3. The summed E-state index contributed by atoms with van der Waals surface area (Å²) in [7, 11) is 3.08. The number of anilines is 1. The van der Waals surface area contributed by atoms with Crippen molar-refractivity contribution in [1.29, 1.82) is 0 Å². The Balaban J connectivity index is 2.63. The lowest BCUT2D eigenvalue weighted by Crippen LogP contribution is -1.93. The van der Waals surface area contributed by atoms with Crippen molar-refractivity contribution < 1.29 is 14.0 Å². The quantitative estimate of drug-likeness (QED) is 0.912. The predicted octanol–water partition coefficient (Wildman–Crippen LogP) is 2.59. The number of methoxy groups -OCH3 is 2. The van der Waals surface area contributed by atoms with Crippen molar-refractivity contribution in [2.75, 3.05) is 20.0 Å². The van der Waals surface area contributed by atoms with Gasteiger partial charge in [0, 0.05) is 17.2 Å². The molecule has 0 radical (unpaired) electrons. The van der Waals surface area contributed by atoms with Crippen LogP contribution in [0.15, 0.2) is 22.7 Å². The third-order valence-electron chi connectivity index (χ3n) is 2.25. The summed E-state index contributed by atoms with van der Waals surface area (Å²) in [6, 6.07) is 4.96. The Morgan fingerprint density at radius 2 is 2.00 bits per heavy atom. The zero-order chi connectivity index (χ0) is 12.4. The van der Waals surface area contributed by atoms with Gasteiger partial charge in [0.25, 0.3) is 0 Å². The van der Waals surface area contributed by atoms with E-state index in [1.54, 1.807) is 25.3 Å². The second-order valence-corrected chi connectivity index (χ2v) is 3.74. The molecular formula is C11H11ClN2O3. The van der Waals surface area contributed by atoms with Crippen LogP contribution in [0.3, 0.4) is 0 Å². The number of hydrogen-bond acceptors (Lipinski definition) is 5. The van der Waals surface area contributed by atoms with Crippen LogP contribution in [0.2, 0.25) is 5.02 Å². The second kappa shape index (κ2) is 4.55. The minimum absolute atomic E-state index is 0.223. The maximum absolute atomic E-state index is 5.99. The van der Waals surface area contributed by atoms with E-state index in [9.17, 15) is 0 Å². The lowest BCUT2D eigenvalue weighted by atomic mass is 10.1. The monoisotopic (exact) mass is 254 g/mol. The van der Waals surface area contributed by atoms with Crippen LogP contribution in [0.5, 0.6) is 11.5 Å². The van der Waals surface area contributed by atoms with Crippen molar-refractivity contribution in [3.8, 4) is 22.8 Å². The SMILES string of the molecule is COc1cc(Cl)cc(-c2cc(N)on2)c1OC. The molecular weight excluding hydrogens is 244 g/mol. The molecule has 1 aromatic heterocycles. The van der Waals surface area contributed by atoms with Crippen LogP contribution in [-0.4, -0.2) is 19.4 Å². The topological polar surface area (TPSA) is 70.5 Å². The number of nitrogen functional groups attached to an aromatic ring is 1. The first-order valence-corrected chi connectivity index (χ1v) is 5.17. The third kappa shape index (κ3) is 2.14. The maximum Gasteiger partial charge on any atom is 0.222 e. The molecule has 5 nitrogen and oxygen atoms in total. The highest BCUT2D eigenvalue weighted by molar-refractivity contribution is 6.31. The zero-order valence-electron chi connectivity index (χ0n) is 9.36. The van der Waals surface area contributed by atoms with Gasteiger partial charge in [-0.2, -0.15) is 0 Å². The van der Waals surface area contributed by atoms with Crippen LogP contribution in [0.1, 0.15) is 0 Å². The molecule has 2 N–H and O–H groups in total. The fourth-order valence-electron chi connectivity index (χ4n) is 1.54. The van der Waals surface area contributed by atoms with Gasteiger partial charge in [-0.05, 0) is 6.07 Å². The number of nitrogens with zero attached hydrogens (tertiary/aromatic N) is 1. The Morgan fingerprint density at radius 1 is 1.24 bits per heavy atom. The van der Waals surface area contributed by atoms with Gasteiger partial charge < -0.3 is 19.7 Å². The number of hydrogen-bond donors (Lipinski definition) is 1. The zero-order valence-corrected chi connectivity index (χ0v) is 10.1. The van der Waals surface area contributed by atoms with Crippen LogP contribution >= 0.6 is 11.6 Å². The van der Waals surface area contributed by atoms with E-state index in [2.05, 4.69) is 5.16 Å². The summed E-state index contributed by atoms with van der Waals surface area (Å²) in [5, 5.41) is 4.33. The summed E-state index contributed by atoms with van der Waals surface area (Å²) >= 11 is 5.99. The summed E-state index contributed by atoms with van der Waals surface area (Å²) in [5.41, 5.74) is 6.69. The fraction of sp³-hybridized carbons (Fsp3) is 0.182. The van der Waals surface area contributed by atoms with Crippen molar-refractivity contribution >= 4 is 17.5 Å². The van der Waals surface area contributed by atoms with Crippen molar-refractivity contribution in [3.05, 3.63) is 23.2 Å². The van der Waals surface area contributed by atoms with Crippen LogP contribution in [0.4, 0.5) is 5.88 Å². The van der Waals surface area contributed by atoms with E-state index >= 15 is 0 Å². The lowest BCUT2D eigenvalue weighted by molar-refractivity contribution is 0.355. The molecule has 0 aliphatic carbocycles. The first kappa shape index (κ1) is 11.6. The molecule has 0 amide bonds. The highest BCUT2D eigenvalue weighted by Crippen LogP contribution is 2.40. The van der Waals surface area contributed by atoms with Gasteiger partial charge in [0.15, 0.2) is 11.5 Å². The number of benzene rings is 1. The normalized spacial score (nSPS) is 10.3. The Bertz CT molecular complexity index is 540. The van der Waals surface area contributed by atoms with E-state index in [-0.39, 0.29) is 5.88 Å². The summed E-state index contributed by atoms with van der Waals surface area (Å²) in [5.74, 6) is 1.28. The fourth-order valence-corrected chi connectivity index (χ4v) is 1.75. The smallest absolute Gasteiger partial charge is 0.222 e. The molecule has 0 fully saturated rings. The molecule has 0 saturated carbocycles. The lowest BCUT2D eigenvalue weighted by Gasteiger charge is -2.11. The highest BCUT2D eigenvalue weighted by Gasteiger charge is 2.16. The van der Waals surface area contributed by atoms with Gasteiger partial charge in [-0.15, -0.1) is 0 Å². The van der Waals surface area contributed by atoms with Gasteiger partial charge in [0.1, 0.15) is 5.69 Å². The Labute approximate surface area is 103 Å². The minimum atomic E-state index is 0.223. The standard InChI is InChI=1S/C11H11ClN2O3/c1-15-9-4-6(12)3-7(11(9)16-2)8-5-10(13)17-14-8/h3-5H,13H2,1-2H3. The van der Waals surface area contributed by atoms with Gasteiger partial charge in [-0.1, -0.05) is 16.8 Å². The molecule has 6 heteroatoms. The Hall–Kier alpha value is -1.88. The average molecular weight is 255 g/mol. The largest absolute Gasteiger partial charge is 0.493 e. The average Bonchev–Trinajstić information content (AvgIpc) is 2.74. The van der Waals surface area contributed by atoms with E-state index in [1.165, 1.54) is 7.11 Å². The van der Waals surface area contributed by atoms with Gasteiger partial charge in [0.05, 0.1) is 19.8 Å². The van der Waals surface area contributed by atoms with Crippen LogP contribution in [0, 0.1) is 0 Å². The van der Waals surface area contributed by atoms with Crippen LogP contribution in [-0.2, 0) is 0 Å². The molecule has 1 heterocycles. The van der Waals surface area contributed by atoms with Gasteiger partial charge in [0.2, 0.25) is 5.88 Å². The van der Waals surface area contributed by atoms with E-state index < -0.39 is 0 Å². The predicted molar refractivity (Wildman–Crippen MR) is 64.5 cm³/mol. The van der Waals surface area contributed by atoms with E-state index in [1.807, 2.05) is 0 Å². The number of nitrogens with two attached hydrogens (primary N) is 1. The molecule has 1 aromatic carbocycles. The molecule has 0 saturated heterocycles. The highest BCUT2D eigenvalue weighted by atomic mass is 35.5. The van der Waals surface area contributed by atoms with E-state index in [0.717, 1.165) is 0 Å². The van der Waals surface area contributed by atoms with Gasteiger partial charge in [-0.25, -0.2) is 0 Å². The molecule has 0 aliphatic rings. The molecule has 90 valence electrons. The summed E-state index contributed by atoms with van der Waals surface area (Å²) in [6.07, 6.45) is 0. The van der Waals surface area contributed by atoms with Crippen LogP contribution in [0.25, 0.3) is 11.3 Å². The van der Waals surface area contributed by atoms with Gasteiger partial charge >= 0.3 is 0 Å². The Morgan fingerprint density at radius 3 is 2.53 bits per heavy atom. The molecule has 0 bridgehead atoms. The van der Waals surface area contributed by atoms with Crippen molar-refractivity contribution in [3.63, 3.8) is 0 Å². The summed E-state index contributed by atoms with van der Waals surface area (Å²) in [6.45, 7) is 0. The molecule has 0 unspecified atom stereocenters. The van der Waals surface area contributed by atoms with Crippen molar-refractivity contribution in [2.24, 2.45) is 0 Å². The Kier molecular flexibility index (Phi) is 3.10. The first-order chi connectivity index (χ1) is 8.15. The molecule has 2 rings (SSSR count). The van der Waals surface area contributed by atoms with E-state index in [0.29, 0.717) is 27.8 Å². The maximum atomic E-state index is 5.99. The van der Waals surface area contributed by atoms with Gasteiger partial charge in [-0.3, -0.25) is 0 Å². The van der Waals surface area contributed by atoms with Crippen molar-refractivity contribution in [2.45, 2.75) is 0 Å². The van der Waals surface area contributed by atoms with Crippen LogP contribution < -0.4 is 15.2 Å². The summed E-state index contributed by atoms with van der Waals surface area (Å²) in [4.78, 5) is 0. The number of ether oxygens (including phenoxy) is 2. The molecule has 2 aromatic rings. The number of aromatic nitrogens is 1. The molecule has 0 aliphatic heterocycles. The molecule has 0 spiro atoms. The third-order valence-corrected chi connectivity index (χ3v) is 2.47. The minimum Gasteiger partial charge on any atom is -0.493 e. The molecule has 17 heavy (non-hydrogen) atoms. The molecule has 0 atom stereocenters. The van der Waals surface area contributed by atoms with E-state index in [4.69, 9.17) is 31.3 Å². The van der Waals surface area contributed by atoms with Crippen molar-refractivity contribution in [1.82, 2.24) is 5.16 Å². The number of halogens is 1. The number of rotatable bonds is 3. The second-order valence-electron chi connectivity index (χ2n) is 3.30.